The van der Waals surface area contributed by atoms with Crippen molar-refractivity contribution in [3.05, 3.63) is 59.4 Å². The summed E-state index contributed by atoms with van der Waals surface area (Å²) >= 11 is 0. The molecule has 3 aromatic rings. The van der Waals surface area contributed by atoms with Crippen molar-refractivity contribution >= 4 is 0 Å². The SMILES string of the molecule is Fc1cccc(-c2nnc(-c3cc(F)c(F)c(F)c3F)o2)c1. The minimum absolute atomic E-state index is 0.181. The Balaban J connectivity index is 2.09. The van der Waals surface area contributed by atoms with E-state index in [9.17, 15) is 22.0 Å². The maximum atomic E-state index is 13.6. The lowest BCUT2D eigenvalue weighted by atomic mass is 10.2. The van der Waals surface area contributed by atoms with Gasteiger partial charge >= 0.3 is 0 Å². The van der Waals surface area contributed by atoms with Gasteiger partial charge in [0.25, 0.3) is 5.89 Å². The van der Waals surface area contributed by atoms with Crippen LogP contribution in [0.25, 0.3) is 22.9 Å². The summed E-state index contributed by atoms with van der Waals surface area (Å²) in [6.07, 6.45) is 0. The predicted molar refractivity (Wildman–Crippen MR) is 65.0 cm³/mol. The van der Waals surface area contributed by atoms with Crippen LogP contribution in [0.2, 0.25) is 0 Å². The first-order valence-corrected chi connectivity index (χ1v) is 5.90. The Morgan fingerprint density at radius 1 is 0.773 bits per heavy atom. The zero-order chi connectivity index (χ0) is 15.9. The molecule has 0 fully saturated rings. The maximum absolute atomic E-state index is 13.6. The average molecular weight is 312 g/mol. The summed E-state index contributed by atoms with van der Waals surface area (Å²) in [6.45, 7) is 0. The van der Waals surface area contributed by atoms with Crippen molar-refractivity contribution < 1.29 is 26.4 Å². The molecule has 22 heavy (non-hydrogen) atoms. The second-order valence-electron chi connectivity index (χ2n) is 4.27. The largest absolute Gasteiger partial charge is 0.416 e. The van der Waals surface area contributed by atoms with E-state index in [1.54, 1.807) is 0 Å². The maximum Gasteiger partial charge on any atom is 0.251 e. The summed E-state index contributed by atoms with van der Waals surface area (Å²) in [5, 5.41) is 6.97. The van der Waals surface area contributed by atoms with Gasteiger partial charge in [-0.2, -0.15) is 0 Å². The van der Waals surface area contributed by atoms with Crippen molar-refractivity contribution in [3.8, 4) is 22.9 Å². The molecule has 0 N–H and O–H groups in total. The Morgan fingerprint density at radius 3 is 2.23 bits per heavy atom. The van der Waals surface area contributed by atoms with Gasteiger partial charge in [0, 0.05) is 5.56 Å². The summed E-state index contributed by atoms with van der Waals surface area (Å²) in [5.74, 6) is -8.49. The lowest BCUT2D eigenvalue weighted by Gasteiger charge is -2.01. The number of hydrogen-bond donors (Lipinski definition) is 0. The van der Waals surface area contributed by atoms with Crippen LogP contribution >= 0.6 is 0 Å². The Bertz CT molecular complexity index is 862. The van der Waals surface area contributed by atoms with E-state index in [-0.39, 0.29) is 11.5 Å². The van der Waals surface area contributed by atoms with Crippen molar-refractivity contribution in [2.45, 2.75) is 0 Å². The quantitative estimate of drug-likeness (QED) is 0.406. The molecule has 0 amide bonds. The van der Waals surface area contributed by atoms with E-state index < -0.39 is 40.5 Å². The Labute approximate surface area is 120 Å². The molecule has 0 radical (unpaired) electrons. The standard InChI is InChI=1S/C14H5F5N2O/c15-7-3-1-2-6(4-7)13-20-21-14(22-13)8-5-9(16)11(18)12(19)10(8)17/h1-5H. The smallest absolute Gasteiger partial charge is 0.251 e. The Kier molecular flexibility index (Phi) is 3.36. The van der Waals surface area contributed by atoms with Crippen LogP contribution in [0.5, 0.6) is 0 Å². The van der Waals surface area contributed by atoms with Crippen LogP contribution in [0.1, 0.15) is 0 Å². The fraction of sp³-hybridized carbons (Fsp3) is 0. The first-order valence-electron chi connectivity index (χ1n) is 5.90. The fourth-order valence-corrected chi connectivity index (χ4v) is 1.80. The Morgan fingerprint density at radius 2 is 1.50 bits per heavy atom. The molecule has 1 aromatic heterocycles. The monoisotopic (exact) mass is 312 g/mol. The second-order valence-corrected chi connectivity index (χ2v) is 4.27. The van der Waals surface area contributed by atoms with E-state index in [0.29, 0.717) is 6.07 Å². The zero-order valence-electron chi connectivity index (χ0n) is 10.6. The predicted octanol–water partition coefficient (Wildman–Crippen LogP) is 4.10. The van der Waals surface area contributed by atoms with Crippen molar-refractivity contribution in [3.63, 3.8) is 0 Å². The highest BCUT2D eigenvalue weighted by Gasteiger charge is 2.23. The van der Waals surface area contributed by atoms with Gasteiger partial charge in [0.05, 0.1) is 5.56 Å². The number of rotatable bonds is 2. The van der Waals surface area contributed by atoms with Crippen LogP contribution in [-0.4, -0.2) is 10.2 Å². The molecule has 0 aliphatic carbocycles. The molecular weight excluding hydrogens is 307 g/mol. The van der Waals surface area contributed by atoms with Crippen molar-refractivity contribution in [1.82, 2.24) is 10.2 Å². The van der Waals surface area contributed by atoms with E-state index in [0.717, 1.165) is 6.07 Å². The minimum atomic E-state index is -1.99. The summed E-state index contributed by atoms with van der Waals surface area (Å²) in [7, 11) is 0. The van der Waals surface area contributed by atoms with E-state index in [1.165, 1.54) is 18.2 Å². The van der Waals surface area contributed by atoms with Crippen LogP contribution in [0.15, 0.2) is 34.7 Å². The van der Waals surface area contributed by atoms with Crippen LogP contribution in [0, 0.1) is 29.1 Å². The van der Waals surface area contributed by atoms with Gasteiger partial charge in [0.1, 0.15) is 5.82 Å². The third-order valence-electron chi connectivity index (χ3n) is 2.83. The van der Waals surface area contributed by atoms with Gasteiger partial charge in [-0.1, -0.05) is 6.07 Å². The van der Waals surface area contributed by atoms with Gasteiger partial charge in [-0.25, -0.2) is 22.0 Å². The van der Waals surface area contributed by atoms with Crippen molar-refractivity contribution in [2.24, 2.45) is 0 Å². The first-order chi connectivity index (χ1) is 10.5. The van der Waals surface area contributed by atoms with Crippen LogP contribution < -0.4 is 0 Å². The van der Waals surface area contributed by atoms with Crippen LogP contribution in [-0.2, 0) is 0 Å². The number of hydrogen-bond acceptors (Lipinski definition) is 3. The summed E-state index contributed by atoms with van der Waals surface area (Å²) in [4.78, 5) is 0. The van der Waals surface area contributed by atoms with Gasteiger partial charge in [-0.05, 0) is 24.3 Å². The van der Waals surface area contributed by atoms with E-state index >= 15 is 0 Å². The molecule has 0 saturated carbocycles. The van der Waals surface area contributed by atoms with Crippen molar-refractivity contribution in [2.75, 3.05) is 0 Å². The molecule has 3 nitrogen and oxygen atoms in total. The third-order valence-corrected chi connectivity index (χ3v) is 2.83. The molecule has 112 valence electrons. The van der Waals surface area contributed by atoms with Gasteiger partial charge < -0.3 is 4.42 Å². The number of aromatic nitrogens is 2. The fourth-order valence-electron chi connectivity index (χ4n) is 1.80. The number of halogens is 5. The van der Waals surface area contributed by atoms with Crippen molar-refractivity contribution in [1.29, 1.82) is 0 Å². The molecule has 1 heterocycles. The Hall–Kier alpha value is -2.77. The third kappa shape index (κ3) is 2.32. The molecule has 2 aromatic carbocycles. The van der Waals surface area contributed by atoms with Gasteiger partial charge in [-0.15, -0.1) is 10.2 Å². The highest BCUT2D eigenvalue weighted by atomic mass is 19.2. The molecule has 0 aliphatic heterocycles. The lowest BCUT2D eigenvalue weighted by molar-refractivity contribution is 0.409. The average Bonchev–Trinajstić information content (AvgIpc) is 2.98. The summed E-state index contributed by atoms with van der Waals surface area (Å²) in [5.41, 5.74) is -0.534. The topological polar surface area (TPSA) is 38.9 Å². The molecule has 0 saturated heterocycles. The van der Waals surface area contributed by atoms with Crippen LogP contribution in [0.3, 0.4) is 0 Å². The molecule has 0 bridgehead atoms. The van der Waals surface area contributed by atoms with Gasteiger partial charge in [-0.3, -0.25) is 0 Å². The molecule has 0 unspecified atom stereocenters. The van der Waals surface area contributed by atoms with Crippen LogP contribution in [0.4, 0.5) is 22.0 Å². The summed E-state index contributed by atoms with van der Waals surface area (Å²) < 4.78 is 71.1. The lowest BCUT2D eigenvalue weighted by Crippen LogP contribution is -1.98. The number of nitrogens with zero attached hydrogens (tertiary/aromatic N) is 2. The van der Waals surface area contributed by atoms with E-state index in [1.807, 2.05) is 0 Å². The molecule has 8 heteroatoms. The zero-order valence-corrected chi connectivity index (χ0v) is 10.6. The molecule has 3 rings (SSSR count). The molecular formula is C14H5F5N2O. The highest BCUT2D eigenvalue weighted by Crippen LogP contribution is 2.29. The first kappa shape index (κ1) is 14.2. The molecule has 0 spiro atoms. The van der Waals surface area contributed by atoms with Gasteiger partial charge in [0.2, 0.25) is 5.89 Å². The highest BCUT2D eigenvalue weighted by molar-refractivity contribution is 5.58. The minimum Gasteiger partial charge on any atom is -0.416 e. The summed E-state index contributed by atoms with van der Waals surface area (Å²) in [6, 6.07) is 5.50. The molecule has 0 aliphatic rings. The normalized spacial score (nSPS) is 11.0. The molecule has 0 atom stereocenters. The second kappa shape index (κ2) is 5.21. The van der Waals surface area contributed by atoms with Gasteiger partial charge in [0.15, 0.2) is 23.3 Å². The van der Waals surface area contributed by atoms with E-state index in [2.05, 4.69) is 10.2 Å². The number of benzene rings is 2. The van der Waals surface area contributed by atoms with E-state index in [4.69, 9.17) is 4.42 Å².